The number of nitrogens with one attached hydrogen (secondary N) is 2. The van der Waals surface area contributed by atoms with E-state index in [-0.39, 0.29) is 17.3 Å². The molecule has 0 aliphatic carbocycles. The molecule has 0 unspecified atom stereocenters. The molecule has 2 aromatic rings. The highest BCUT2D eigenvalue weighted by Crippen LogP contribution is 2.38. The van der Waals surface area contributed by atoms with Crippen LogP contribution in [0.15, 0.2) is 24.5 Å². The van der Waals surface area contributed by atoms with Crippen molar-refractivity contribution >= 4 is 34.6 Å². The lowest BCUT2D eigenvalue weighted by molar-refractivity contribution is -0.383. The molecule has 2 heterocycles. The summed E-state index contributed by atoms with van der Waals surface area (Å²) in [5, 5.41) is 16.6. The summed E-state index contributed by atoms with van der Waals surface area (Å²) in [4.78, 5) is 20.8. The molecular weight excluding hydrogens is 429 g/mol. The van der Waals surface area contributed by atoms with Crippen LogP contribution in [0.4, 0.5) is 36.2 Å². The number of aromatic nitrogens is 2. The lowest BCUT2D eigenvalue weighted by Gasteiger charge is -2.26. The van der Waals surface area contributed by atoms with E-state index in [1.807, 2.05) is 0 Å². The number of anilines is 3. The number of morpholine rings is 1. The summed E-state index contributed by atoms with van der Waals surface area (Å²) in [6, 6.07) is 3.09. The average Bonchev–Trinajstić information content (AvgIpc) is 2.69. The van der Waals surface area contributed by atoms with Crippen molar-refractivity contribution in [1.82, 2.24) is 14.9 Å². The molecule has 3 rings (SSSR count). The molecule has 1 aromatic carbocycles. The van der Waals surface area contributed by atoms with Crippen molar-refractivity contribution in [2.45, 2.75) is 6.18 Å². The Labute approximate surface area is 174 Å². The van der Waals surface area contributed by atoms with Crippen LogP contribution in [0.5, 0.6) is 0 Å². The monoisotopic (exact) mass is 446 g/mol. The van der Waals surface area contributed by atoms with Gasteiger partial charge < -0.3 is 15.4 Å². The fraction of sp³-hybridized carbons (Fsp3) is 0.412. The van der Waals surface area contributed by atoms with Gasteiger partial charge in [-0.2, -0.15) is 13.2 Å². The summed E-state index contributed by atoms with van der Waals surface area (Å²) in [5.74, 6) is -0.268. The largest absolute Gasteiger partial charge is 0.417 e. The maximum absolute atomic E-state index is 13.1. The van der Waals surface area contributed by atoms with Crippen molar-refractivity contribution in [3.8, 4) is 0 Å². The van der Waals surface area contributed by atoms with E-state index in [2.05, 4.69) is 25.5 Å². The van der Waals surface area contributed by atoms with Crippen molar-refractivity contribution < 1.29 is 22.8 Å². The maximum atomic E-state index is 13.1. The average molecular weight is 447 g/mol. The number of nitro groups is 1. The molecular formula is C17H18ClF3N6O3. The van der Waals surface area contributed by atoms with Gasteiger partial charge in [-0.15, -0.1) is 0 Å². The minimum Gasteiger partial charge on any atom is -0.379 e. The molecule has 1 aliphatic heterocycles. The Hall–Kier alpha value is -2.70. The van der Waals surface area contributed by atoms with Crippen LogP contribution in [0.1, 0.15) is 5.56 Å². The van der Waals surface area contributed by atoms with E-state index < -0.39 is 27.4 Å². The zero-order chi connectivity index (χ0) is 21.7. The molecule has 0 spiro atoms. The zero-order valence-corrected chi connectivity index (χ0v) is 16.3. The van der Waals surface area contributed by atoms with Gasteiger partial charge in [0.15, 0.2) is 0 Å². The Morgan fingerprint density at radius 1 is 1.23 bits per heavy atom. The second-order valence-corrected chi connectivity index (χ2v) is 6.78. The topological polar surface area (TPSA) is 105 Å². The molecule has 13 heteroatoms. The van der Waals surface area contributed by atoms with Crippen LogP contribution in [0, 0.1) is 10.1 Å². The molecule has 1 aromatic heterocycles. The molecule has 0 bridgehead atoms. The van der Waals surface area contributed by atoms with E-state index >= 15 is 0 Å². The molecule has 0 radical (unpaired) electrons. The van der Waals surface area contributed by atoms with Crippen LogP contribution in [-0.2, 0) is 10.9 Å². The summed E-state index contributed by atoms with van der Waals surface area (Å²) < 4.78 is 44.5. The van der Waals surface area contributed by atoms with Gasteiger partial charge in [0.25, 0.3) is 0 Å². The standard InChI is InChI=1S/C17H18ClF3N6O3/c18-13-2-1-11(9-12(13)17(19,20)21)25-16-14(27(28)29)15(23-10-24-16)22-3-4-26-5-7-30-8-6-26/h1-2,9-10H,3-8H2,(H2,22,23,24,25). The SMILES string of the molecule is O=[N+]([O-])c1c(NCCN2CCOCC2)ncnc1Nc1ccc(Cl)c(C(F)(F)F)c1. The van der Waals surface area contributed by atoms with Crippen LogP contribution in [0.2, 0.25) is 5.02 Å². The number of alkyl halides is 3. The van der Waals surface area contributed by atoms with E-state index in [1.165, 1.54) is 6.07 Å². The highest BCUT2D eigenvalue weighted by atomic mass is 35.5. The van der Waals surface area contributed by atoms with E-state index in [9.17, 15) is 23.3 Å². The van der Waals surface area contributed by atoms with Crippen molar-refractivity contribution in [3.63, 3.8) is 0 Å². The third-order valence-corrected chi connectivity index (χ3v) is 4.69. The Bertz CT molecular complexity index is 909. The van der Waals surface area contributed by atoms with E-state index in [4.69, 9.17) is 16.3 Å². The predicted octanol–water partition coefficient (Wildman–Crippen LogP) is 3.54. The number of hydrogen-bond acceptors (Lipinski definition) is 8. The summed E-state index contributed by atoms with van der Waals surface area (Å²) in [5.41, 5.74) is -1.58. The Morgan fingerprint density at radius 3 is 2.60 bits per heavy atom. The normalized spacial score (nSPS) is 15.1. The van der Waals surface area contributed by atoms with Gasteiger partial charge in [-0.3, -0.25) is 15.0 Å². The molecule has 0 saturated carbocycles. The third kappa shape index (κ3) is 5.46. The third-order valence-electron chi connectivity index (χ3n) is 4.36. The fourth-order valence-electron chi connectivity index (χ4n) is 2.89. The van der Waals surface area contributed by atoms with Gasteiger partial charge in [-0.05, 0) is 18.2 Å². The van der Waals surface area contributed by atoms with Crippen molar-refractivity contribution in [2.24, 2.45) is 0 Å². The molecule has 2 N–H and O–H groups in total. The first kappa shape index (κ1) is 22.0. The van der Waals surface area contributed by atoms with Gasteiger partial charge in [0.05, 0.1) is 28.7 Å². The molecule has 9 nitrogen and oxygen atoms in total. The van der Waals surface area contributed by atoms with Gasteiger partial charge >= 0.3 is 11.9 Å². The minimum absolute atomic E-state index is 0.0317. The molecule has 162 valence electrons. The van der Waals surface area contributed by atoms with Gasteiger partial charge in [-0.25, -0.2) is 9.97 Å². The van der Waals surface area contributed by atoms with Crippen molar-refractivity contribution in [1.29, 1.82) is 0 Å². The Balaban J connectivity index is 1.78. The van der Waals surface area contributed by atoms with E-state index in [0.29, 0.717) is 26.3 Å². The van der Waals surface area contributed by atoms with Crippen LogP contribution < -0.4 is 10.6 Å². The molecule has 0 atom stereocenters. The second-order valence-electron chi connectivity index (χ2n) is 6.37. The van der Waals surface area contributed by atoms with Crippen LogP contribution in [-0.4, -0.2) is 59.2 Å². The zero-order valence-electron chi connectivity index (χ0n) is 15.6. The first-order valence-corrected chi connectivity index (χ1v) is 9.30. The summed E-state index contributed by atoms with van der Waals surface area (Å²) in [6.45, 7) is 3.79. The predicted molar refractivity (Wildman–Crippen MR) is 104 cm³/mol. The lowest BCUT2D eigenvalue weighted by Crippen LogP contribution is -2.39. The molecule has 1 saturated heterocycles. The summed E-state index contributed by atoms with van der Waals surface area (Å²) in [6.07, 6.45) is -3.58. The fourth-order valence-corrected chi connectivity index (χ4v) is 3.11. The minimum atomic E-state index is -4.67. The van der Waals surface area contributed by atoms with Gasteiger partial charge in [0, 0.05) is 31.9 Å². The number of rotatable bonds is 7. The highest BCUT2D eigenvalue weighted by Gasteiger charge is 2.33. The second kappa shape index (κ2) is 9.41. The van der Waals surface area contributed by atoms with E-state index in [1.54, 1.807) is 0 Å². The van der Waals surface area contributed by atoms with Gasteiger partial charge in [0.1, 0.15) is 6.33 Å². The smallest absolute Gasteiger partial charge is 0.379 e. The van der Waals surface area contributed by atoms with Crippen molar-refractivity contribution in [3.05, 3.63) is 45.2 Å². The number of nitrogens with zero attached hydrogens (tertiary/aromatic N) is 4. The Kier molecular flexibility index (Phi) is 6.90. The molecule has 1 aliphatic rings. The molecule has 0 amide bonds. The number of halogens is 4. The summed E-state index contributed by atoms with van der Waals surface area (Å²) in [7, 11) is 0. The Morgan fingerprint density at radius 2 is 1.93 bits per heavy atom. The first-order valence-electron chi connectivity index (χ1n) is 8.93. The summed E-state index contributed by atoms with van der Waals surface area (Å²) >= 11 is 5.61. The molecule has 30 heavy (non-hydrogen) atoms. The van der Waals surface area contributed by atoms with Crippen LogP contribution >= 0.6 is 11.6 Å². The van der Waals surface area contributed by atoms with Crippen molar-refractivity contribution in [2.75, 3.05) is 50.0 Å². The number of benzene rings is 1. The van der Waals surface area contributed by atoms with E-state index in [0.717, 1.165) is 31.5 Å². The van der Waals surface area contributed by atoms with Crippen LogP contribution in [0.25, 0.3) is 0 Å². The van der Waals surface area contributed by atoms with Crippen LogP contribution in [0.3, 0.4) is 0 Å². The highest BCUT2D eigenvalue weighted by molar-refractivity contribution is 6.31. The number of ether oxygens (including phenoxy) is 1. The lowest BCUT2D eigenvalue weighted by atomic mass is 10.2. The maximum Gasteiger partial charge on any atom is 0.417 e. The van der Waals surface area contributed by atoms with Gasteiger partial charge in [-0.1, -0.05) is 11.6 Å². The quantitative estimate of drug-likeness (QED) is 0.491. The molecule has 1 fully saturated rings. The van der Waals surface area contributed by atoms with Gasteiger partial charge in [0.2, 0.25) is 11.6 Å². The first-order chi connectivity index (χ1) is 14.3. The number of hydrogen-bond donors (Lipinski definition) is 2.